The summed E-state index contributed by atoms with van der Waals surface area (Å²) in [5, 5.41) is 3.07. The van der Waals surface area contributed by atoms with Gasteiger partial charge >= 0.3 is 6.03 Å². The van der Waals surface area contributed by atoms with E-state index in [1.807, 2.05) is 68.3 Å². The number of amides is 2. The molecule has 1 fully saturated rings. The summed E-state index contributed by atoms with van der Waals surface area (Å²) >= 11 is 0. The third kappa shape index (κ3) is 4.73. The summed E-state index contributed by atoms with van der Waals surface area (Å²) in [6.07, 6.45) is 4.04. The molecule has 0 aliphatic carbocycles. The van der Waals surface area contributed by atoms with Gasteiger partial charge in [-0.25, -0.2) is 9.78 Å². The molecule has 1 saturated heterocycles. The van der Waals surface area contributed by atoms with Crippen LogP contribution in [0.1, 0.15) is 24.6 Å². The second-order valence-electron chi connectivity index (χ2n) is 9.88. The van der Waals surface area contributed by atoms with Gasteiger partial charge in [0.25, 0.3) is 0 Å². The lowest BCUT2D eigenvalue weighted by molar-refractivity contribution is 0.191. The van der Waals surface area contributed by atoms with Crippen LogP contribution in [0.2, 0.25) is 0 Å². The highest BCUT2D eigenvalue weighted by Gasteiger charge is 2.28. The number of carbonyl (C=O) groups is 1. The number of aromatic nitrogens is 2. The molecule has 1 aliphatic rings. The van der Waals surface area contributed by atoms with Crippen LogP contribution in [-0.2, 0) is 0 Å². The minimum Gasteiger partial charge on any atom is -0.378 e. The van der Waals surface area contributed by atoms with Gasteiger partial charge in [-0.15, -0.1) is 0 Å². The Kier molecular flexibility index (Phi) is 6.55. The SMILES string of the molecule is CN(C)c1ccc(NC(=O)N2CCC[C@@H](c3nc(-c4cccc(N(C)C)c4)c4ccccn34)C2)cc1. The Hall–Kier alpha value is -4.00. The van der Waals surface area contributed by atoms with Crippen molar-refractivity contribution >= 4 is 28.6 Å². The van der Waals surface area contributed by atoms with Gasteiger partial charge in [0, 0.05) is 76.0 Å². The third-order valence-electron chi connectivity index (χ3n) is 6.92. The summed E-state index contributed by atoms with van der Waals surface area (Å²) < 4.78 is 2.20. The molecule has 0 saturated carbocycles. The number of pyridine rings is 1. The van der Waals surface area contributed by atoms with Crippen molar-refractivity contribution in [3.05, 3.63) is 78.8 Å². The minimum absolute atomic E-state index is 0.0583. The summed E-state index contributed by atoms with van der Waals surface area (Å²) in [6, 6.07) is 22.6. The number of nitrogens with zero attached hydrogens (tertiary/aromatic N) is 5. The van der Waals surface area contributed by atoms with Gasteiger partial charge in [0.15, 0.2) is 0 Å². The Balaban J connectivity index is 1.39. The van der Waals surface area contributed by atoms with Crippen LogP contribution in [0, 0.1) is 0 Å². The number of piperidine rings is 1. The van der Waals surface area contributed by atoms with Crippen molar-refractivity contribution in [2.45, 2.75) is 18.8 Å². The van der Waals surface area contributed by atoms with Crippen LogP contribution in [0.3, 0.4) is 0 Å². The van der Waals surface area contributed by atoms with Crippen LogP contribution in [0.15, 0.2) is 72.9 Å². The van der Waals surface area contributed by atoms with E-state index in [-0.39, 0.29) is 11.9 Å². The maximum atomic E-state index is 13.1. The van der Waals surface area contributed by atoms with E-state index in [1.165, 1.54) is 0 Å². The van der Waals surface area contributed by atoms with Crippen molar-refractivity contribution in [1.82, 2.24) is 14.3 Å². The predicted octanol–water partition coefficient (Wildman–Crippen LogP) is 5.54. The first kappa shape index (κ1) is 23.7. The molecule has 7 nitrogen and oxygen atoms in total. The molecule has 1 N–H and O–H groups in total. The van der Waals surface area contributed by atoms with E-state index in [0.717, 1.165) is 59.0 Å². The molecule has 5 rings (SSSR count). The van der Waals surface area contributed by atoms with Crippen molar-refractivity contribution in [2.75, 3.05) is 56.4 Å². The lowest BCUT2D eigenvalue weighted by Gasteiger charge is -2.32. The first-order valence-electron chi connectivity index (χ1n) is 12.5. The molecule has 0 radical (unpaired) electrons. The number of carbonyl (C=O) groups excluding carboxylic acids is 1. The molecule has 0 spiro atoms. The summed E-state index contributed by atoms with van der Waals surface area (Å²) in [4.78, 5) is 24.4. The molecule has 0 unspecified atom stereocenters. The Labute approximate surface area is 213 Å². The molecule has 7 heteroatoms. The van der Waals surface area contributed by atoms with Crippen molar-refractivity contribution in [1.29, 1.82) is 0 Å². The molecular weight excluding hydrogens is 448 g/mol. The molecule has 2 aromatic heterocycles. The second-order valence-corrected chi connectivity index (χ2v) is 9.88. The maximum absolute atomic E-state index is 13.1. The average molecular weight is 483 g/mol. The lowest BCUT2D eigenvalue weighted by Crippen LogP contribution is -2.42. The number of hydrogen-bond donors (Lipinski definition) is 1. The number of anilines is 3. The molecule has 4 aromatic rings. The zero-order valence-corrected chi connectivity index (χ0v) is 21.5. The topological polar surface area (TPSA) is 56.1 Å². The average Bonchev–Trinajstić information content (AvgIpc) is 3.29. The smallest absolute Gasteiger partial charge is 0.321 e. The first-order valence-corrected chi connectivity index (χ1v) is 12.5. The molecule has 2 amide bonds. The molecule has 1 atom stereocenters. The monoisotopic (exact) mass is 482 g/mol. The van der Waals surface area contributed by atoms with E-state index in [9.17, 15) is 4.79 Å². The van der Waals surface area contributed by atoms with Gasteiger partial charge in [0.2, 0.25) is 0 Å². The van der Waals surface area contributed by atoms with E-state index in [2.05, 4.69) is 57.2 Å². The molecule has 2 aromatic carbocycles. The van der Waals surface area contributed by atoms with E-state index in [0.29, 0.717) is 6.54 Å². The third-order valence-corrected chi connectivity index (χ3v) is 6.92. The second kappa shape index (κ2) is 9.93. The summed E-state index contributed by atoms with van der Waals surface area (Å²) in [5.41, 5.74) is 6.22. The number of urea groups is 1. The largest absolute Gasteiger partial charge is 0.378 e. The Morgan fingerprint density at radius 2 is 1.72 bits per heavy atom. The molecule has 0 bridgehead atoms. The van der Waals surface area contributed by atoms with Crippen molar-refractivity contribution in [2.24, 2.45) is 0 Å². The van der Waals surface area contributed by atoms with E-state index in [4.69, 9.17) is 4.98 Å². The molecule has 36 heavy (non-hydrogen) atoms. The number of hydrogen-bond acceptors (Lipinski definition) is 4. The van der Waals surface area contributed by atoms with Gasteiger partial charge < -0.3 is 24.4 Å². The number of fused-ring (bicyclic) bond motifs is 1. The predicted molar refractivity (Wildman–Crippen MR) is 148 cm³/mol. The molecular formula is C29H34N6O. The van der Waals surface area contributed by atoms with Crippen molar-refractivity contribution in [3.8, 4) is 11.3 Å². The van der Waals surface area contributed by atoms with Gasteiger partial charge in [-0.1, -0.05) is 18.2 Å². The molecule has 186 valence electrons. The fraction of sp³-hybridized carbons (Fsp3) is 0.310. The van der Waals surface area contributed by atoms with Crippen LogP contribution in [0.4, 0.5) is 21.9 Å². The van der Waals surface area contributed by atoms with Crippen LogP contribution in [0.5, 0.6) is 0 Å². The number of rotatable bonds is 5. The highest BCUT2D eigenvalue weighted by molar-refractivity contribution is 5.89. The highest BCUT2D eigenvalue weighted by atomic mass is 16.2. The standard InChI is InChI=1S/C29H34N6O/c1-32(2)24-15-13-23(14-16-24)30-29(36)34-17-8-10-22(20-34)28-31-27(26-12-5-6-18-35(26)28)21-9-7-11-25(19-21)33(3)4/h5-7,9,11-16,18-19,22H,8,10,17,20H2,1-4H3,(H,30,36)/t22-/m1/s1. The quantitative estimate of drug-likeness (QED) is 0.406. The van der Waals surface area contributed by atoms with Crippen LogP contribution >= 0.6 is 0 Å². The Morgan fingerprint density at radius 3 is 2.47 bits per heavy atom. The Bertz CT molecular complexity index is 1360. The van der Waals surface area contributed by atoms with Gasteiger partial charge in [0.05, 0.1) is 11.2 Å². The molecule has 3 heterocycles. The van der Waals surface area contributed by atoms with Gasteiger partial charge in [-0.3, -0.25) is 0 Å². The van der Waals surface area contributed by atoms with Crippen LogP contribution < -0.4 is 15.1 Å². The maximum Gasteiger partial charge on any atom is 0.321 e. The van der Waals surface area contributed by atoms with Gasteiger partial charge in [0.1, 0.15) is 5.82 Å². The number of imidazole rings is 1. The fourth-order valence-corrected chi connectivity index (χ4v) is 4.91. The van der Waals surface area contributed by atoms with Gasteiger partial charge in [-0.05, 0) is 61.4 Å². The summed E-state index contributed by atoms with van der Waals surface area (Å²) in [6.45, 7) is 1.39. The number of benzene rings is 2. The first-order chi connectivity index (χ1) is 17.4. The highest BCUT2D eigenvalue weighted by Crippen LogP contribution is 2.33. The lowest BCUT2D eigenvalue weighted by atomic mass is 9.97. The van der Waals surface area contributed by atoms with Crippen LogP contribution in [-0.4, -0.2) is 61.6 Å². The fourth-order valence-electron chi connectivity index (χ4n) is 4.91. The zero-order valence-electron chi connectivity index (χ0n) is 21.5. The zero-order chi connectivity index (χ0) is 25.2. The normalized spacial score (nSPS) is 15.7. The van der Waals surface area contributed by atoms with Crippen molar-refractivity contribution in [3.63, 3.8) is 0 Å². The molecule has 1 aliphatic heterocycles. The Morgan fingerprint density at radius 1 is 0.944 bits per heavy atom. The van der Waals surface area contributed by atoms with E-state index in [1.54, 1.807) is 0 Å². The van der Waals surface area contributed by atoms with Gasteiger partial charge in [-0.2, -0.15) is 0 Å². The summed E-state index contributed by atoms with van der Waals surface area (Å²) in [7, 11) is 8.11. The van der Waals surface area contributed by atoms with E-state index < -0.39 is 0 Å². The number of nitrogens with one attached hydrogen (secondary N) is 1. The van der Waals surface area contributed by atoms with E-state index >= 15 is 0 Å². The van der Waals surface area contributed by atoms with Crippen molar-refractivity contribution < 1.29 is 4.79 Å². The minimum atomic E-state index is -0.0583. The number of likely N-dealkylation sites (tertiary alicyclic amines) is 1. The van der Waals surface area contributed by atoms with Crippen LogP contribution in [0.25, 0.3) is 16.8 Å². The summed E-state index contributed by atoms with van der Waals surface area (Å²) in [5.74, 6) is 1.19.